The Labute approximate surface area is 126 Å². The number of rotatable bonds is 3. The van der Waals surface area contributed by atoms with Crippen molar-refractivity contribution >= 4 is 38.9 Å². The van der Waals surface area contributed by atoms with Gasteiger partial charge in [0.25, 0.3) is 0 Å². The van der Waals surface area contributed by atoms with Gasteiger partial charge in [0.1, 0.15) is 5.15 Å². The Morgan fingerprint density at radius 1 is 1.47 bits per heavy atom. The van der Waals surface area contributed by atoms with Crippen LogP contribution in [0, 0.1) is 6.92 Å². The molecule has 6 heteroatoms. The molecule has 0 fully saturated rings. The van der Waals surface area contributed by atoms with Crippen LogP contribution in [-0.2, 0) is 13.6 Å². The number of aromatic nitrogens is 2. The highest BCUT2D eigenvalue weighted by Gasteiger charge is 2.14. The summed E-state index contributed by atoms with van der Waals surface area (Å²) >= 11 is 9.65. The fourth-order valence-corrected chi connectivity index (χ4v) is 2.66. The van der Waals surface area contributed by atoms with Gasteiger partial charge < -0.3 is 10.6 Å². The van der Waals surface area contributed by atoms with Gasteiger partial charge in [-0.25, -0.2) is 0 Å². The zero-order chi connectivity index (χ0) is 14.2. The summed E-state index contributed by atoms with van der Waals surface area (Å²) in [5.74, 6) is 0. The van der Waals surface area contributed by atoms with Gasteiger partial charge in [0, 0.05) is 30.7 Å². The summed E-state index contributed by atoms with van der Waals surface area (Å²) in [6.07, 6.45) is 0. The Bertz CT molecular complexity index is 609. The van der Waals surface area contributed by atoms with E-state index in [2.05, 4.69) is 25.9 Å². The van der Waals surface area contributed by atoms with Crippen LogP contribution in [0.4, 0.5) is 11.4 Å². The molecule has 0 aliphatic heterocycles. The maximum Gasteiger partial charge on any atom is 0.131 e. The average molecular weight is 344 g/mol. The smallest absolute Gasteiger partial charge is 0.131 e. The van der Waals surface area contributed by atoms with Crippen LogP contribution in [0.5, 0.6) is 0 Å². The average Bonchev–Trinajstić information content (AvgIpc) is 2.56. The van der Waals surface area contributed by atoms with Crippen molar-refractivity contribution in [2.75, 3.05) is 17.7 Å². The molecule has 2 N–H and O–H groups in total. The molecule has 0 radical (unpaired) electrons. The number of aryl methyl sites for hydroxylation is 2. The van der Waals surface area contributed by atoms with E-state index in [-0.39, 0.29) is 0 Å². The zero-order valence-corrected chi connectivity index (χ0v) is 13.5. The molecule has 0 atom stereocenters. The predicted octanol–water partition coefficient (Wildman–Crippen LogP) is 3.36. The number of nitrogen functional groups attached to an aromatic ring is 1. The van der Waals surface area contributed by atoms with Crippen molar-refractivity contribution < 1.29 is 0 Å². The maximum atomic E-state index is 6.25. The molecular formula is C13H16BrClN4. The third-order valence-corrected chi connectivity index (χ3v) is 4.03. The monoisotopic (exact) mass is 342 g/mol. The van der Waals surface area contributed by atoms with Gasteiger partial charge in [0.2, 0.25) is 0 Å². The largest absolute Gasteiger partial charge is 0.397 e. The standard InChI is InChI=1S/C13H16BrClN4/c1-8-10(13(15)19(3)17-8)7-18(2)12-5-4-9(14)6-11(12)16/h4-6H,7,16H2,1-3H3. The highest BCUT2D eigenvalue weighted by molar-refractivity contribution is 9.10. The van der Waals surface area contributed by atoms with Crippen molar-refractivity contribution in [2.45, 2.75) is 13.5 Å². The summed E-state index contributed by atoms with van der Waals surface area (Å²) in [5, 5.41) is 4.98. The Morgan fingerprint density at radius 3 is 2.68 bits per heavy atom. The molecule has 1 aromatic carbocycles. The molecule has 4 nitrogen and oxygen atoms in total. The lowest BCUT2D eigenvalue weighted by molar-refractivity contribution is 0.757. The van der Waals surface area contributed by atoms with E-state index in [1.54, 1.807) is 4.68 Å². The second kappa shape index (κ2) is 5.43. The first-order valence-corrected chi connectivity index (χ1v) is 7.01. The highest BCUT2D eigenvalue weighted by atomic mass is 79.9. The lowest BCUT2D eigenvalue weighted by Crippen LogP contribution is -2.18. The van der Waals surface area contributed by atoms with Gasteiger partial charge in [-0.05, 0) is 25.1 Å². The first-order valence-electron chi connectivity index (χ1n) is 5.84. The number of halogens is 2. The van der Waals surface area contributed by atoms with Crippen molar-refractivity contribution in [1.29, 1.82) is 0 Å². The number of benzene rings is 1. The van der Waals surface area contributed by atoms with Crippen LogP contribution in [0.3, 0.4) is 0 Å². The van der Waals surface area contributed by atoms with Crippen molar-refractivity contribution in [3.63, 3.8) is 0 Å². The van der Waals surface area contributed by atoms with E-state index < -0.39 is 0 Å². The number of nitrogens with zero attached hydrogens (tertiary/aromatic N) is 3. The molecule has 0 amide bonds. The van der Waals surface area contributed by atoms with E-state index in [0.29, 0.717) is 11.7 Å². The number of nitrogens with two attached hydrogens (primary N) is 1. The van der Waals surface area contributed by atoms with Crippen LogP contribution >= 0.6 is 27.5 Å². The van der Waals surface area contributed by atoms with E-state index in [1.165, 1.54) is 0 Å². The fourth-order valence-electron chi connectivity index (χ4n) is 2.05. The van der Waals surface area contributed by atoms with Gasteiger partial charge in [0.05, 0.1) is 17.1 Å². The summed E-state index contributed by atoms with van der Waals surface area (Å²) in [5.41, 5.74) is 9.70. The molecule has 19 heavy (non-hydrogen) atoms. The number of anilines is 2. The highest BCUT2D eigenvalue weighted by Crippen LogP contribution is 2.28. The third-order valence-electron chi connectivity index (χ3n) is 3.07. The van der Waals surface area contributed by atoms with Gasteiger partial charge >= 0.3 is 0 Å². The molecule has 0 aliphatic rings. The Morgan fingerprint density at radius 2 is 2.16 bits per heavy atom. The molecule has 0 aliphatic carbocycles. The van der Waals surface area contributed by atoms with Crippen molar-refractivity contribution in [3.8, 4) is 0 Å². The molecule has 102 valence electrons. The minimum Gasteiger partial charge on any atom is -0.397 e. The van der Waals surface area contributed by atoms with Gasteiger partial charge in [-0.1, -0.05) is 27.5 Å². The van der Waals surface area contributed by atoms with E-state index in [0.717, 1.165) is 27.1 Å². The van der Waals surface area contributed by atoms with Crippen molar-refractivity contribution in [1.82, 2.24) is 9.78 Å². The van der Waals surface area contributed by atoms with Gasteiger partial charge in [0.15, 0.2) is 0 Å². The fraction of sp³-hybridized carbons (Fsp3) is 0.308. The van der Waals surface area contributed by atoms with Crippen LogP contribution in [0.2, 0.25) is 5.15 Å². The van der Waals surface area contributed by atoms with Crippen molar-refractivity contribution in [2.24, 2.45) is 7.05 Å². The zero-order valence-electron chi connectivity index (χ0n) is 11.1. The van der Waals surface area contributed by atoms with Crippen LogP contribution < -0.4 is 10.6 Å². The quantitative estimate of drug-likeness (QED) is 0.869. The summed E-state index contributed by atoms with van der Waals surface area (Å²) in [7, 11) is 3.83. The minimum absolute atomic E-state index is 0.667. The first kappa shape index (κ1) is 14.2. The SMILES string of the molecule is Cc1nn(C)c(Cl)c1CN(C)c1ccc(Br)cc1N. The second-order valence-electron chi connectivity index (χ2n) is 4.54. The topological polar surface area (TPSA) is 47.1 Å². The molecule has 0 spiro atoms. The molecule has 2 rings (SSSR count). The molecule has 0 saturated heterocycles. The van der Waals surface area contributed by atoms with Crippen LogP contribution in [0.1, 0.15) is 11.3 Å². The Balaban J connectivity index is 2.28. The predicted molar refractivity (Wildman–Crippen MR) is 83.6 cm³/mol. The summed E-state index contributed by atoms with van der Waals surface area (Å²) in [4.78, 5) is 2.07. The van der Waals surface area contributed by atoms with Crippen LogP contribution in [0.25, 0.3) is 0 Å². The molecule has 0 unspecified atom stereocenters. The lowest BCUT2D eigenvalue weighted by Gasteiger charge is -2.21. The van der Waals surface area contributed by atoms with E-state index in [4.69, 9.17) is 17.3 Å². The normalized spacial score (nSPS) is 10.8. The minimum atomic E-state index is 0.667. The maximum absolute atomic E-state index is 6.25. The van der Waals surface area contributed by atoms with E-state index >= 15 is 0 Å². The van der Waals surface area contributed by atoms with Gasteiger partial charge in [-0.2, -0.15) is 5.10 Å². The van der Waals surface area contributed by atoms with Gasteiger partial charge in [-0.3, -0.25) is 4.68 Å². The summed E-state index contributed by atoms with van der Waals surface area (Å²) in [6, 6.07) is 5.85. The van der Waals surface area contributed by atoms with Crippen LogP contribution in [0.15, 0.2) is 22.7 Å². The summed E-state index contributed by atoms with van der Waals surface area (Å²) in [6.45, 7) is 2.63. The molecule has 1 aromatic heterocycles. The third kappa shape index (κ3) is 2.87. The molecule has 0 bridgehead atoms. The molecule has 0 saturated carbocycles. The Kier molecular flexibility index (Phi) is 4.06. The first-order chi connectivity index (χ1) is 8.90. The van der Waals surface area contributed by atoms with Crippen LogP contribution in [-0.4, -0.2) is 16.8 Å². The number of hydrogen-bond donors (Lipinski definition) is 1. The Hall–Kier alpha value is -1.20. The molecule has 1 heterocycles. The van der Waals surface area contributed by atoms with Crippen molar-refractivity contribution in [3.05, 3.63) is 39.1 Å². The van der Waals surface area contributed by atoms with E-state index in [9.17, 15) is 0 Å². The molecule has 2 aromatic rings. The lowest BCUT2D eigenvalue weighted by atomic mass is 10.2. The summed E-state index contributed by atoms with van der Waals surface area (Å²) < 4.78 is 2.66. The number of hydrogen-bond acceptors (Lipinski definition) is 3. The second-order valence-corrected chi connectivity index (χ2v) is 5.81. The van der Waals surface area contributed by atoms with Gasteiger partial charge in [-0.15, -0.1) is 0 Å². The molecular weight excluding hydrogens is 328 g/mol. The van der Waals surface area contributed by atoms with E-state index in [1.807, 2.05) is 39.2 Å².